The van der Waals surface area contributed by atoms with Gasteiger partial charge in [0.05, 0.1) is 6.54 Å². The predicted molar refractivity (Wildman–Crippen MR) is 82.6 cm³/mol. The van der Waals surface area contributed by atoms with Crippen LogP contribution in [-0.4, -0.2) is 60.0 Å². The maximum absolute atomic E-state index is 12.6. The summed E-state index contributed by atoms with van der Waals surface area (Å²) in [7, 11) is 0. The van der Waals surface area contributed by atoms with E-state index in [2.05, 4.69) is 10.6 Å². The summed E-state index contributed by atoms with van der Waals surface area (Å²) in [5.41, 5.74) is 0. The predicted octanol–water partition coefficient (Wildman–Crippen LogP) is 0.758. The van der Waals surface area contributed by atoms with Gasteiger partial charge in [0.2, 0.25) is 5.91 Å². The Hall–Kier alpha value is -1.79. The molecular weight excluding hydrogens is 296 g/mol. The van der Waals surface area contributed by atoms with E-state index in [0.717, 1.165) is 36.1 Å². The molecule has 2 aliphatic carbocycles. The zero-order valence-electron chi connectivity index (χ0n) is 13.3. The molecule has 0 aromatic heterocycles. The minimum Gasteiger partial charge on any atom is -0.336 e. The molecule has 2 atom stereocenters. The highest BCUT2D eigenvalue weighted by molar-refractivity contribution is 6.01. The van der Waals surface area contributed by atoms with Gasteiger partial charge >= 0.3 is 12.1 Å². The third-order valence-corrected chi connectivity index (χ3v) is 5.92. The molecule has 2 unspecified atom stereocenters. The average molecular weight is 320 g/mol. The van der Waals surface area contributed by atoms with Crippen LogP contribution in [0.5, 0.6) is 0 Å². The van der Waals surface area contributed by atoms with Crippen LogP contribution in [0.15, 0.2) is 0 Å². The lowest BCUT2D eigenvalue weighted by Crippen LogP contribution is -2.49. The van der Waals surface area contributed by atoms with Gasteiger partial charge in [0.1, 0.15) is 0 Å². The molecule has 3 aliphatic heterocycles. The number of hydrogen-bond acceptors (Lipinski definition) is 3. The Labute approximate surface area is 135 Å². The van der Waals surface area contributed by atoms with Gasteiger partial charge in [-0.25, -0.2) is 9.59 Å². The quantitative estimate of drug-likeness (QED) is 0.753. The van der Waals surface area contributed by atoms with Crippen LogP contribution in [0.4, 0.5) is 9.59 Å². The van der Waals surface area contributed by atoms with Gasteiger partial charge in [0.25, 0.3) is 0 Å². The van der Waals surface area contributed by atoms with Crippen molar-refractivity contribution in [1.82, 2.24) is 20.4 Å². The molecule has 2 N–H and O–H groups in total. The van der Waals surface area contributed by atoms with Crippen LogP contribution in [-0.2, 0) is 4.79 Å². The molecule has 4 bridgehead atoms. The molecule has 0 spiro atoms. The number of nitrogens with zero attached hydrogens (tertiary/aromatic N) is 2. The molecule has 7 nitrogen and oxygen atoms in total. The van der Waals surface area contributed by atoms with Crippen LogP contribution >= 0.6 is 0 Å². The zero-order valence-corrected chi connectivity index (χ0v) is 13.3. The molecule has 3 heterocycles. The molecule has 5 aliphatic rings. The number of carbonyl (C=O) groups excluding carboxylic acids is 3. The number of urea groups is 2. The molecule has 0 aromatic rings. The largest absolute Gasteiger partial charge is 0.336 e. The maximum atomic E-state index is 12.6. The molecule has 5 rings (SSSR count). The fourth-order valence-electron chi connectivity index (χ4n) is 5.09. The van der Waals surface area contributed by atoms with Gasteiger partial charge in [0.15, 0.2) is 0 Å². The lowest BCUT2D eigenvalue weighted by molar-refractivity contribution is -0.124. The lowest BCUT2D eigenvalue weighted by atomic mass is 9.68. The van der Waals surface area contributed by atoms with Crippen LogP contribution in [0.2, 0.25) is 0 Å². The van der Waals surface area contributed by atoms with Crippen LogP contribution in [0.25, 0.3) is 0 Å². The van der Waals surface area contributed by atoms with E-state index in [0.29, 0.717) is 18.5 Å². The zero-order chi connectivity index (χ0) is 16.0. The molecule has 23 heavy (non-hydrogen) atoms. The first-order chi connectivity index (χ1) is 11.1. The van der Waals surface area contributed by atoms with Crippen LogP contribution in [0.3, 0.4) is 0 Å². The van der Waals surface area contributed by atoms with Crippen molar-refractivity contribution in [1.29, 1.82) is 0 Å². The SMILES string of the molecule is O=C1CNC(=O)N1CCNC(=O)N1CC2CC3CC(C2)CC1C3. The Morgan fingerprint density at radius 3 is 2.43 bits per heavy atom. The fraction of sp³-hybridized carbons (Fsp3) is 0.812. The van der Waals surface area contributed by atoms with Gasteiger partial charge in [-0.2, -0.15) is 0 Å². The monoisotopic (exact) mass is 320 g/mol. The molecule has 126 valence electrons. The second kappa shape index (κ2) is 5.69. The van der Waals surface area contributed by atoms with Gasteiger partial charge in [-0.15, -0.1) is 0 Å². The minimum atomic E-state index is -0.366. The van der Waals surface area contributed by atoms with Crippen LogP contribution < -0.4 is 10.6 Å². The number of nitrogens with one attached hydrogen (secondary N) is 2. The Morgan fingerprint density at radius 2 is 1.78 bits per heavy atom. The van der Waals surface area contributed by atoms with Crippen molar-refractivity contribution in [2.45, 2.75) is 38.1 Å². The Bertz CT molecular complexity index is 507. The first-order valence-electron chi connectivity index (χ1n) is 8.73. The Kier molecular flexibility index (Phi) is 3.66. The molecule has 5 amide bonds. The first kappa shape index (κ1) is 14.8. The van der Waals surface area contributed by atoms with Crippen LogP contribution in [0, 0.1) is 17.8 Å². The van der Waals surface area contributed by atoms with Crippen molar-refractivity contribution in [3.63, 3.8) is 0 Å². The van der Waals surface area contributed by atoms with E-state index in [4.69, 9.17) is 0 Å². The van der Waals surface area contributed by atoms with Gasteiger partial charge in [-0.1, -0.05) is 0 Å². The Morgan fingerprint density at radius 1 is 1.09 bits per heavy atom. The molecule has 0 aromatic carbocycles. The van der Waals surface area contributed by atoms with E-state index < -0.39 is 0 Å². The average Bonchev–Trinajstić information content (AvgIpc) is 2.70. The standard InChI is InChI=1S/C16H24N4O3/c21-14-8-18-16(23)19(14)2-1-17-15(22)20-9-12-4-10-3-11(5-12)7-13(20)6-10/h10-13H,1-9H2,(H,17,22)(H,18,23). The summed E-state index contributed by atoms with van der Waals surface area (Å²) >= 11 is 0. The third kappa shape index (κ3) is 2.77. The summed E-state index contributed by atoms with van der Waals surface area (Å²) in [4.78, 5) is 38.7. The van der Waals surface area contributed by atoms with Gasteiger partial charge in [-0.3, -0.25) is 9.69 Å². The molecule has 2 saturated carbocycles. The normalized spacial score (nSPS) is 35.5. The highest BCUT2D eigenvalue weighted by Gasteiger charge is 2.44. The van der Waals surface area contributed by atoms with Gasteiger partial charge in [-0.05, 0) is 49.9 Å². The summed E-state index contributed by atoms with van der Waals surface area (Å²) in [5, 5.41) is 5.39. The Balaban J connectivity index is 1.32. The van der Waals surface area contributed by atoms with Gasteiger partial charge in [0, 0.05) is 25.7 Å². The van der Waals surface area contributed by atoms with E-state index in [9.17, 15) is 14.4 Å². The second-order valence-electron chi connectivity index (χ2n) is 7.52. The smallest absolute Gasteiger partial charge is 0.324 e. The topological polar surface area (TPSA) is 81.8 Å². The van der Waals surface area contributed by atoms with E-state index in [1.165, 1.54) is 19.3 Å². The first-order valence-corrected chi connectivity index (χ1v) is 8.73. The van der Waals surface area contributed by atoms with Crippen molar-refractivity contribution < 1.29 is 14.4 Å². The van der Waals surface area contributed by atoms with Crippen molar-refractivity contribution in [2.75, 3.05) is 26.2 Å². The minimum absolute atomic E-state index is 0.0322. The summed E-state index contributed by atoms with van der Waals surface area (Å²) in [6, 6.07) is -0.0202. The van der Waals surface area contributed by atoms with E-state index in [1.54, 1.807) is 0 Å². The van der Waals surface area contributed by atoms with Crippen LogP contribution in [0.1, 0.15) is 32.1 Å². The second-order valence-corrected chi connectivity index (χ2v) is 7.52. The number of hydrogen-bond donors (Lipinski definition) is 2. The van der Waals surface area contributed by atoms with Crippen molar-refractivity contribution in [3.8, 4) is 0 Å². The number of imide groups is 1. The van der Waals surface area contributed by atoms with Crippen molar-refractivity contribution in [3.05, 3.63) is 0 Å². The van der Waals surface area contributed by atoms with E-state index >= 15 is 0 Å². The van der Waals surface area contributed by atoms with E-state index in [-0.39, 0.29) is 31.1 Å². The highest BCUT2D eigenvalue weighted by atomic mass is 16.2. The summed E-state index contributed by atoms with van der Waals surface area (Å²) < 4.78 is 0. The molecule has 5 fully saturated rings. The molecule has 3 saturated heterocycles. The van der Waals surface area contributed by atoms with E-state index in [1.807, 2.05) is 4.90 Å². The number of fused-ring (bicyclic) bond motifs is 1. The number of rotatable bonds is 3. The summed E-state index contributed by atoms with van der Waals surface area (Å²) in [5.74, 6) is 2.04. The summed E-state index contributed by atoms with van der Waals surface area (Å²) in [6.45, 7) is 1.49. The maximum Gasteiger partial charge on any atom is 0.324 e. The summed E-state index contributed by atoms with van der Waals surface area (Å²) in [6.07, 6.45) is 6.20. The number of carbonyl (C=O) groups is 3. The number of amides is 5. The third-order valence-electron chi connectivity index (χ3n) is 5.92. The lowest BCUT2D eigenvalue weighted by Gasteiger charge is -2.38. The molecule has 7 heteroatoms. The molecule has 0 radical (unpaired) electrons. The molecular formula is C16H24N4O3. The van der Waals surface area contributed by atoms with Crippen molar-refractivity contribution >= 4 is 18.0 Å². The van der Waals surface area contributed by atoms with Gasteiger partial charge < -0.3 is 15.5 Å². The van der Waals surface area contributed by atoms with Crippen molar-refractivity contribution in [2.24, 2.45) is 17.8 Å². The highest BCUT2D eigenvalue weighted by Crippen LogP contribution is 2.47. The fourth-order valence-corrected chi connectivity index (χ4v) is 5.09.